The Hall–Kier alpha value is -1.64. The zero-order valence-electron chi connectivity index (χ0n) is 9.88. The zero-order valence-corrected chi connectivity index (χ0v) is 9.88. The van der Waals surface area contributed by atoms with Gasteiger partial charge < -0.3 is 4.98 Å². The molecule has 2 aromatic rings. The Kier molecular flexibility index (Phi) is 1.97. The molecule has 0 saturated heterocycles. The Morgan fingerprint density at radius 2 is 2.18 bits per heavy atom. The number of ketones is 1. The van der Waals surface area contributed by atoms with Gasteiger partial charge in [0.2, 0.25) is 0 Å². The molecular formula is C14H14FNO. The number of carbonyl (C=O) groups excluding carboxylic acids is 1. The highest BCUT2D eigenvalue weighted by molar-refractivity contribution is 6.10. The molecule has 1 aliphatic rings. The van der Waals surface area contributed by atoms with Crippen molar-refractivity contribution in [1.82, 2.24) is 4.98 Å². The Balaban J connectivity index is 2.10. The first kappa shape index (κ1) is 10.5. The predicted molar refractivity (Wildman–Crippen MR) is 64.5 cm³/mol. The molecule has 17 heavy (non-hydrogen) atoms. The van der Waals surface area contributed by atoms with Crippen LogP contribution in [-0.2, 0) is 0 Å². The first-order valence-electron chi connectivity index (χ1n) is 5.80. The molecule has 1 aliphatic carbocycles. The van der Waals surface area contributed by atoms with E-state index in [-0.39, 0.29) is 22.9 Å². The molecule has 1 unspecified atom stereocenters. The van der Waals surface area contributed by atoms with Crippen molar-refractivity contribution in [3.63, 3.8) is 0 Å². The summed E-state index contributed by atoms with van der Waals surface area (Å²) in [6.07, 6.45) is 2.53. The van der Waals surface area contributed by atoms with Gasteiger partial charge in [-0.25, -0.2) is 4.39 Å². The highest BCUT2D eigenvalue weighted by Gasteiger charge is 2.50. The van der Waals surface area contributed by atoms with Crippen molar-refractivity contribution < 1.29 is 9.18 Å². The quantitative estimate of drug-likeness (QED) is 0.788. The Morgan fingerprint density at radius 3 is 2.82 bits per heavy atom. The van der Waals surface area contributed by atoms with E-state index >= 15 is 0 Å². The van der Waals surface area contributed by atoms with Crippen LogP contribution in [0.3, 0.4) is 0 Å². The van der Waals surface area contributed by atoms with Crippen LogP contribution < -0.4 is 0 Å². The fourth-order valence-electron chi connectivity index (χ4n) is 2.44. The van der Waals surface area contributed by atoms with Crippen molar-refractivity contribution in [2.45, 2.75) is 20.3 Å². The summed E-state index contributed by atoms with van der Waals surface area (Å²) >= 11 is 0. The van der Waals surface area contributed by atoms with Crippen LogP contribution in [0.2, 0.25) is 0 Å². The molecule has 88 valence electrons. The summed E-state index contributed by atoms with van der Waals surface area (Å²) in [5.41, 5.74) is 1.26. The number of aromatic amines is 1. The van der Waals surface area contributed by atoms with E-state index in [1.807, 2.05) is 0 Å². The van der Waals surface area contributed by atoms with Gasteiger partial charge >= 0.3 is 0 Å². The lowest BCUT2D eigenvalue weighted by molar-refractivity contribution is 0.0954. The molecule has 0 amide bonds. The van der Waals surface area contributed by atoms with Crippen molar-refractivity contribution in [2.24, 2.45) is 11.3 Å². The number of fused-ring (bicyclic) bond motifs is 1. The Labute approximate surface area is 98.8 Å². The van der Waals surface area contributed by atoms with Crippen molar-refractivity contribution in [3.8, 4) is 0 Å². The standard InChI is InChI=1S/C14H14FNO/c1-14(2)6-9(14)13(17)8-7-16-11-5-3-4-10(15)12(8)11/h3-5,7,9,16H,6H2,1-2H3. The van der Waals surface area contributed by atoms with Crippen molar-refractivity contribution in [1.29, 1.82) is 0 Å². The van der Waals surface area contributed by atoms with E-state index in [1.54, 1.807) is 18.3 Å². The molecule has 1 atom stereocenters. The first-order valence-corrected chi connectivity index (χ1v) is 5.80. The monoisotopic (exact) mass is 231 g/mol. The molecule has 1 fully saturated rings. The van der Waals surface area contributed by atoms with Gasteiger partial charge in [0.25, 0.3) is 0 Å². The normalized spacial score (nSPS) is 21.7. The van der Waals surface area contributed by atoms with Crippen LogP contribution in [0.15, 0.2) is 24.4 Å². The number of carbonyl (C=O) groups is 1. The van der Waals surface area contributed by atoms with Gasteiger partial charge in [0.05, 0.1) is 0 Å². The summed E-state index contributed by atoms with van der Waals surface area (Å²) in [7, 11) is 0. The van der Waals surface area contributed by atoms with Gasteiger partial charge in [-0.15, -0.1) is 0 Å². The number of halogens is 1. The van der Waals surface area contributed by atoms with Gasteiger partial charge in [-0.1, -0.05) is 19.9 Å². The number of Topliss-reactive ketones (excluding diaryl/α,β-unsaturated/α-hetero) is 1. The minimum absolute atomic E-state index is 0.0427. The summed E-state index contributed by atoms with van der Waals surface area (Å²) in [5, 5.41) is 0.431. The van der Waals surface area contributed by atoms with Crippen LogP contribution in [0, 0.1) is 17.2 Å². The van der Waals surface area contributed by atoms with Gasteiger partial charge in [0.1, 0.15) is 5.82 Å². The molecule has 1 N–H and O–H groups in total. The highest BCUT2D eigenvalue weighted by Crippen LogP contribution is 2.53. The van der Waals surface area contributed by atoms with E-state index in [0.717, 1.165) is 6.42 Å². The summed E-state index contributed by atoms with van der Waals surface area (Å²) in [6.45, 7) is 4.14. The molecule has 1 aromatic carbocycles. The van der Waals surface area contributed by atoms with Gasteiger partial charge in [-0.2, -0.15) is 0 Å². The largest absolute Gasteiger partial charge is 0.360 e. The smallest absolute Gasteiger partial charge is 0.168 e. The van der Waals surface area contributed by atoms with Crippen LogP contribution in [0.25, 0.3) is 10.9 Å². The van der Waals surface area contributed by atoms with Crippen LogP contribution >= 0.6 is 0 Å². The van der Waals surface area contributed by atoms with Crippen molar-refractivity contribution in [2.75, 3.05) is 0 Å². The second-order valence-corrected chi connectivity index (χ2v) is 5.47. The number of rotatable bonds is 2. The van der Waals surface area contributed by atoms with Crippen LogP contribution in [-0.4, -0.2) is 10.8 Å². The average Bonchev–Trinajstić information content (AvgIpc) is 2.75. The summed E-state index contributed by atoms with van der Waals surface area (Å²) in [5.74, 6) is -0.224. The highest BCUT2D eigenvalue weighted by atomic mass is 19.1. The summed E-state index contributed by atoms with van der Waals surface area (Å²) in [4.78, 5) is 15.2. The Morgan fingerprint density at radius 1 is 1.47 bits per heavy atom. The molecule has 2 nitrogen and oxygen atoms in total. The fourth-order valence-corrected chi connectivity index (χ4v) is 2.44. The maximum atomic E-state index is 13.7. The molecule has 0 bridgehead atoms. The third kappa shape index (κ3) is 1.49. The van der Waals surface area contributed by atoms with Crippen molar-refractivity contribution >= 4 is 16.7 Å². The molecular weight excluding hydrogens is 217 g/mol. The minimum Gasteiger partial charge on any atom is -0.360 e. The zero-order chi connectivity index (χ0) is 12.2. The molecule has 1 saturated carbocycles. The lowest BCUT2D eigenvalue weighted by Gasteiger charge is -2.02. The number of nitrogens with one attached hydrogen (secondary N) is 1. The number of hydrogen-bond donors (Lipinski definition) is 1. The molecule has 0 radical (unpaired) electrons. The molecule has 1 heterocycles. The second-order valence-electron chi connectivity index (χ2n) is 5.47. The van der Waals surface area contributed by atoms with Gasteiger partial charge in [-0.3, -0.25) is 4.79 Å². The lowest BCUT2D eigenvalue weighted by atomic mass is 10.0. The van der Waals surface area contributed by atoms with Gasteiger partial charge in [0.15, 0.2) is 5.78 Å². The van der Waals surface area contributed by atoms with Crippen molar-refractivity contribution in [3.05, 3.63) is 35.8 Å². The number of aromatic nitrogens is 1. The number of H-pyrrole nitrogens is 1. The van der Waals surface area contributed by atoms with Crippen LogP contribution in [0.1, 0.15) is 30.6 Å². The van der Waals surface area contributed by atoms with Gasteiger partial charge in [0, 0.05) is 28.6 Å². The summed E-state index contributed by atoms with van der Waals surface area (Å²) in [6, 6.07) is 4.82. The summed E-state index contributed by atoms with van der Waals surface area (Å²) < 4.78 is 13.7. The van der Waals surface area contributed by atoms with E-state index < -0.39 is 0 Å². The molecule has 0 spiro atoms. The molecule has 0 aliphatic heterocycles. The molecule has 3 rings (SSSR count). The first-order chi connectivity index (χ1) is 8.00. The van der Waals surface area contributed by atoms with Gasteiger partial charge in [-0.05, 0) is 24.0 Å². The molecule has 3 heteroatoms. The van der Waals surface area contributed by atoms with E-state index in [0.29, 0.717) is 16.5 Å². The maximum Gasteiger partial charge on any atom is 0.168 e. The van der Waals surface area contributed by atoms with E-state index in [2.05, 4.69) is 18.8 Å². The second kappa shape index (κ2) is 3.19. The minimum atomic E-state index is -0.328. The van der Waals surface area contributed by atoms with E-state index in [1.165, 1.54) is 6.07 Å². The topological polar surface area (TPSA) is 32.9 Å². The maximum absolute atomic E-state index is 13.7. The third-order valence-electron chi connectivity index (χ3n) is 3.75. The van der Waals surface area contributed by atoms with Crippen LogP contribution in [0.5, 0.6) is 0 Å². The fraction of sp³-hybridized carbons (Fsp3) is 0.357. The number of hydrogen-bond acceptors (Lipinski definition) is 1. The van der Waals surface area contributed by atoms with E-state index in [9.17, 15) is 9.18 Å². The Bertz CT molecular complexity index is 612. The molecule has 1 aromatic heterocycles. The van der Waals surface area contributed by atoms with E-state index in [4.69, 9.17) is 0 Å². The predicted octanol–water partition coefficient (Wildman–Crippen LogP) is 3.54. The average molecular weight is 231 g/mol. The van der Waals surface area contributed by atoms with Crippen LogP contribution in [0.4, 0.5) is 4.39 Å². The number of benzene rings is 1. The SMILES string of the molecule is CC1(C)CC1C(=O)c1c[nH]c2cccc(F)c12. The third-order valence-corrected chi connectivity index (χ3v) is 3.75. The lowest BCUT2D eigenvalue weighted by Crippen LogP contribution is -2.06.